The van der Waals surface area contributed by atoms with E-state index in [4.69, 9.17) is 0 Å². The van der Waals surface area contributed by atoms with Crippen molar-refractivity contribution in [2.45, 2.75) is 25.3 Å². The number of nitrogens with one attached hydrogen (secondary N) is 1. The van der Waals surface area contributed by atoms with E-state index in [2.05, 4.69) is 62.8 Å². The summed E-state index contributed by atoms with van der Waals surface area (Å²) in [6.45, 7) is 0. The number of aromatic nitrogens is 2. The van der Waals surface area contributed by atoms with Crippen molar-refractivity contribution in [2.24, 2.45) is 0 Å². The van der Waals surface area contributed by atoms with Crippen LogP contribution >= 0.6 is 11.3 Å². The Balaban J connectivity index is 1.57. The molecule has 4 heteroatoms. The van der Waals surface area contributed by atoms with E-state index in [-0.39, 0.29) is 0 Å². The van der Waals surface area contributed by atoms with Crippen LogP contribution in [-0.2, 0) is 6.42 Å². The number of thiazole rings is 1. The molecule has 2 heterocycles. The Morgan fingerprint density at radius 3 is 2.90 bits per heavy atom. The second kappa shape index (κ2) is 6.20. The van der Waals surface area contributed by atoms with Gasteiger partial charge in [0.15, 0.2) is 4.96 Å². The van der Waals surface area contributed by atoms with Gasteiger partial charge in [0.05, 0.1) is 5.69 Å². The molecule has 0 aliphatic carbocycles. The van der Waals surface area contributed by atoms with Gasteiger partial charge in [0, 0.05) is 23.8 Å². The number of fused-ring (bicyclic) bond motifs is 1. The molecule has 1 atom stereocenters. The highest BCUT2D eigenvalue weighted by atomic mass is 32.1. The highest BCUT2D eigenvalue weighted by Crippen LogP contribution is 2.19. The van der Waals surface area contributed by atoms with E-state index in [0.29, 0.717) is 6.04 Å². The van der Waals surface area contributed by atoms with Gasteiger partial charge >= 0.3 is 0 Å². The van der Waals surface area contributed by atoms with Crippen LogP contribution < -0.4 is 5.32 Å². The molecule has 0 fully saturated rings. The Kier molecular flexibility index (Phi) is 4.14. The van der Waals surface area contributed by atoms with Gasteiger partial charge in [-0.05, 0) is 31.9 Å². The SMILES string of the molecule is CNC(CCCc1cn2ccsc2n1)c1ccccc1. The van der Waals surface area contributed by atoms with Gasteiger partial charge in [-0.2, -0.15) is 0 Å². The highest BCUT2D eigenvalue weighted by molar-refractivity contribution is 7.15. The van der Waals surface area contributed by atoms with Crippen molar-refractivity contribution in [1.82, 2.24) is 14.7 Å². The molecule has 0 amide bonds. The maximum atomic E-state index is 4.63. The molecular weight excluding hydrogens is 266 g/mol. The first-order chi connectivity index (χ1) is 9.86. The third-order valence-corrected chi connectivity index (χ3v) is 4.39. The minimum atomic E-state index is 0.430. The first-order valence-corrected chi connectivity index (χ1v) is 7.88. The van der Waals surface area contributed by atoms with Gasteiger partial charge in [0.25, 0.3) is 0 Å². The highest BCUT2D eigenvalue weighted by Gasteiger charge is 2.09. The lowest BCUT2D eigenvalue weighted by Gasteiger charge is -2.16. The second-order valence-corrected chi connectivity index (χ2v) is 5.84. The number of imidazole rings is 1. The van der Waals surface area contributed by atoms with Gasteiger partial charge < -0.3 is 5.32 Å². The summed E-state index contributed by atoms with van der Waals surface area (Å²) in [6.07, 6.45) is 7.52. The Bertz CT molecular complexity index is 628. The molecule has 0 spiro atoms. The smallest absolute Gasteiger partial charge is 0.193 e. The lowest BCUT2D eigenvalue weighted by Crippen LogP contribution is -2.16. The van der Waals surface area contributed by atoms with Gasteiger partial charge in [0.1, 0.15) is 0 Å². The average Bonchev–Trinajstić information content (AvgIpc) is 3.05. The molecule has 3 rings (SSSR count). The maximum absolute atomic E-state index is 4.63. The zero-order chi connectivity index (χ0) is 13.8. The van der Waals surface area contributed by atoms with Gasteiger partial charge in [-0.15, -0.1) is 11.3 Å². The number of nitrogens with zero attached hydrogens (tertiary/aromatic N) is 2. The summed E-state index contributed by atoms with van der Waals surface area (Å²) in [5, 5.41) is 5.47. The zero-order valence-electron chi connectivity index (χ0n) is 11.6. The first-order valence-electron chi connectivity index (χ1n) is 7.00. The lowest BCUT2D eigenvalue weighted by atomic mass is 10.0. The van der Waals surface area contributed by atoms with Gasteiger partial charge in [-0.25, -0.2) is 4.98 Å². The third-order valence-electron chi connectivity index (χ3n) is 3.62. The fourth-order valence-corrected chi connectivity index (χ4v) is 3.27. The minimum absolute atomic E-state index is 0.430. The van der Waals surface area contributed by atoms with Gasteiger partial charge in [-0.3, -0.25) is 4.40 Å². The Morgan fingerprint density at radius 1 is 1.30 bits per heavy atom. The summed E-state index contributed by atoms with van der Waals surface area (Å²) in [6, 6.07) is 11.1. The molecule has 3 aromatic rings. The van der Waals surface area contributed by atoms with Gasteiger partial charge in [-0.1, -0.05) is 30.3 Å². The van der Waals surface area contributed by atoms with Crippen molar-refractivity contribution in [2.75, 3.05) is 7.05 Å². The average molecular weight is 285 g/mol. The maximum Gasteiger partial charge on any atom is 0.193 e. The van der Waals surface area contributed by atoms with E-state index in [0.717, 1.165) is 24.2 Å². The predicted molar refractivity (Wildman–Crippen MR) is 84.2 cm³/mol. The largest absolute Gasteiger partial charge is 0.313 e. The molecule has 0 radical (unpaired) electrons. The molecule has 0 saturated carbocycles. The van der Waals surface area contributed by atoms with Crippen molar-refractivity contribution < 1.29 is 0 Å². The van der Waals surface area contributed by atoms with Crippen LogP contribution in [0.5, 0.6) is 0 Å². The molecule has 0 aliphatic rings. The lowest BCUT2D eigenvalue weighted by molar-refractivity contribution is 0.525. The van der Waals surface area contributed by atoms with Crippen molar-refractivity contribution >= 4 is 16.3 Å². The van der Waals surface area contributed by atoms with Crippen LogP contribution in [-0.4, -0.2) is 16.4 Å². The van der Waals surface area contributed by atoms with Crippen molar-refractivity contribution in [3.63, 3.8) is 0 Å². The molecule has 0 saturated heterocycles. The summed E-state index contributed by atoms with van der Waals surface area (Å²) in [7, 11) is 2.03. The Morgan fingerprint density at radius 2 is 2.15 bits per heavy atom. The molecule has 1 N–H and O–H groups in total. The molecule has 3 nitrogen and oxygen atoms in total. The summed E-state index contributed by atoms with van der Waals surface area (Å²) in [5.41, 5.74) is 2.56. The first kappa shape index (κ1) is 13.3. The van der Waals surface area contributed by atoms with Crippen LogP contribution in [0.1, 0.15) is 30.1 Å². The molecular formula is C16H19N3S. The van der Waals surface area contributed by atoms with Crippen LogP contribution in [0.15, 0.2) is 48.1 Å². The predicted octanol–water partition coefficient (Wildman–Crippen LogP) is 3.68. The van der Waals surface area contributed by atoms with Crippen LogP contribution in [0.4, 0.5) is 0 Å². The summed E-state index contributed by atoms with van der Waals surface area (Å²) < 4.78 is 2.10. The number of benzene rings is 1. The van der Waals surface area contributed by atoms with Gasteiger partial charge in [0.2, 0.25) is 0 Å². The fraction of sp³-hybridized carbons (Fsp3) is 0.312. The van der Waals surface area contributed by atoms with E-state index >= 15 is 0 Å². The van der Waals surface area contributed by atoms with Crippen molar-refractivity contribution in [3.8, 4) is 0 Å². The number of hydrogen-bond acceptors (Lipinski definition) is 3. The van der Waals surface area contributed by atoms with Crippen molar-refractivity contribution in [1.29, 1.82) is 0 Å². The van der Waals surface area contributed by atoms with E-state index in [1.807, 2.05) is 7.05 Å². The van der Waals surface area contributed by atoms with E-state index in [1.165, 1.54) is 11.3 Å². The van der Waals surface area contributed by atoms with E-state index in [1.54, 1.807) is 11.3 Å². The summed E-state index contributed by atoms with van der Waals surface area (Å²) in [5.74, 6) is 0. The fourth-order valence-electron chi connectivity index (χ4n) is 2.55. The molecule has 2 aromatic heterocycles. The quantitative estimate of drug-likeness (QED) is 0.748. The van der Waals surface area contributed by atoms with Crippen LogP contribution in [0.2, 0.25) is 0 Å². The zero-order valence-corrected chi connectivity index (χ0v) is 12.4. The standard InChI is InChI=1S/C16H19N3S/c1-17-15(13-6-3-2-4-7-13)9-5-8-14-12-19-10-11-20-16(19)18-14/h2-4,6-7,10-12,15,17H,5,8-9H2,1H3. The van der Waals surface area contributed by atoms with Crippen molar-refractivity contribution in [3.05, 3.63) is 59.4 Å². The minimum Gasteiger partial charge on any atom is -0.313 e. The molecule has 0 aliphatic heterocycles. The molecule has 0 bridgehead atoms. The van der Waals surface area contributed by atoms with Crippen LogP contribution in [0.25, 0.3) is 4.96 Å². The van der Waals surface area contributed by atoms with E-state index < -0.39 is 0 Å². The number of aryl methyl sites for hydroxylation is 1. The molecule has 1 unspecified atom stereocenters. The van der Waals surface area contributed by atoms with Crippen LogP contribution in [0, 0.1) is 0 Å². The normalized spacial score (nSPS) is 12.8. The summed E-state index contributed by atoms with van der Waals surface area (Å²) >= 11 is 1.69. The summed E-state index contributed by atoms with van der Waals surface area (Å²) in [4.78, 5) is 5.72. The molecule has 104 valence electrons. The Hall–Kier alpha value is -1.65. The second-order valence-electron chi connectivity index (χ2n) is 4.97. The van der Waals surface area contributed by atoms with Crippen LogP contribution in [0.3, 0.4) is 0 Å². The topological polar surface area (TPSA) is 29.3 Å². The molecule has 20 heavy (non-hydrogen) atoms. The Labute approximate surface area is 123 Å². The molecule has 1 aromatic carbocycles. The monoisotopic (exact) mass is 285 g/mol. The number of rotatable bonds is 6. The number of hydrogen-bond donors (Lipinski definition) is 1. The van der Waals surface area contributed by atoms with E-state index in [9.17, 15) is 0 Å². The third kappa shape index (κ3) is 2.92.